The fraction of sp³-hybridized carbons (Fsp3) is 0.292. The molecular weight excluding hydrogens is 591 g/mol. The van der Waals surface area contributed by atoms with Gasteiger partial charge in [-0.3, -0.25) is 24.0 Å². The number of phenols is 1. The molecule has 0 saturated carbocycles. The molecule has 0 aromatic heterocycles. The van der Waals surface area contributed by atoms with Crippen LogP contribution in [-0.2, 0) is 30.4 Å². The van der Waals surface area contributed by atoms with Gasteiger partial charge in [-0.05, 0) is 36.2 Å². The summed E-state index contributed by atoms with van der Waals surface area (Å²) in [6.07, 6.45) is -0.983. The quantitative estimate of drug-likeness (QED) is 0.106. The highest BCUT2D eigenvalue weighted by molar-refractivity contribution is 7.99. The van der Waals surface area contributed by atoms with Gasteiger partial charge in [-0.2, -0.15) is 0 Å². The molecule has 0 radical (unpaired) electrons. The minimum Gasteiger partial charge on any atom is -0.507 e. The van der Waals surface area contributed by atoms with Crippen LogP contribution in [0.2, 0.25) is 10.0 Å². The number of carboxylic acid groups (broad SMARTS) is 3. The van der Waals surface area contributed by atoms with Gasteiger partial charge >= 0.3 is 17.9 Å². The van der Waals surface area contributed by atoms with Crippen molar-refractivity contribution < 1.29 is 44.4 Å². The van der Waals surface area contributed by atoms with Crippen LogP contribution in [0.1, 0.15) is 18.4 Å². The molecule has 2 amide bonds. The summed E-state index contributed by atoms with van der Waals surface area (Å²) in [7, 11) is 0. The Morgan fingerprint density at radius 2 is 1.65 bits per heavy atom. The number of halogens is 2. The first-order valence-electron chi connectivity index (χ1n) is 11.5. The maximum atomic E-state index is 12.6. The molecule has 0 saturated heterocycles. The summed E-state index contributed by atoms with van der Waals surface area (Å²) in [5.74, 6) is -5.85. The van der Waals surface area contributed by atoms with Gasteiger partial charge in [-0.15, -0.1) is 11.8 Å². The number of nitrogens with one attached hydrogen (secondary N) is 3. The van der Waals surface area contributed by atoms with Gasteiger partial charge in [-0.1, -0.05) is 29.3 Å². The highest BCUT2D eigenvalue weighted by Gasteiger charge is 2.24. The Hall–Kier alpha value is -3.72. The number of phenolic OH excluding ortho intramolecular Hbond substituents is 1. The third-order valence-electron chi connectivity index (χ3n) is 5.22. The molecule has 2 aromatic carbocycles. The molecule has 0 spiro atoms. The zero-order chi connectivity index (χ0) is 30.0. The van der Waals surface area contributed by atoms with Crippen LogP contribution in [0.4, 0.5) is 11.4 Å². The number of carbonyl (C=O) groups is 5. The highest BCUT2D eigenvalue weighted by atomic mass is 35.5. The number of amides is 2. The third kappa shape index (κ3) is 10.1. The van der Waals surface area contributed by atoms with E-state index in [0.29, 0.717) is 0 Å². The van der Waals surface area contributed by atoms with Gasteiger partial charge in [0, 0.05) is 17.9 Å². The molecule has 40 heavy (non-hydrogen) atoms. The Kier molecular flexibility index (Phi) is 12.3. The molecule has 0 aliphatic heterocycles. The van der Waals surface area contributed by atoms with Crippen LogP contribution in [0.5, 0.6) is 5.75 Å². The number of hydrogen-bond donors (Lipinski definition) is 8. The molecule has 0 bridgehead atoms. The van der Waals surface area contributed by atoms with Crippen molar-refractivity contribution in [3.63, 3.8) is 0 Å². The Morgan fingerprint density at radius 3 is 2.23 bits per heavy atom. The number of anilines is 2. The lowest BCUT2D eigenvalue weighted by Gasteiger charge is -2.20. The molecule has 9 N–H and O–H groups in total. The second-order valence-electron chi connectivity index (χ2n) is 8.30. The van der Waals surface area contributed by atoms with Crippen LogP contribution in [0, 0.1) is 0 Å². The van der Waals surface area contributed by atoms with Gasteiger partial charge in [0.05, 0.1) is 27.0 Å². The van der Waals surface area contributed by atoms with Crippen LogP contribution in [0.3, 0.4) is 0 Å². The summed E-state index contributed by atoms with van der Waals surface area (Å²) in [5.41, 5.74) is 6.14. The van der Waals surface area contributed by atoms with E-state index in [9.17, 15) is 34.2 Å². The number of aliphatic carboxylic acids is 3. The van der Waals surface area contributed by atoms with Crippen molar-refractivity contribution in [3.8, 4) is 5.75 Å². The first-order chi connectivity index (χ1) is 18.8. The van der Waals surface area contributed by atoms with Crippen LogP contribution in [-0.4, -0.2) is 74.5 Å². The minimum atomic E-state index is -1.32. The number of benzene rings is 2. The number of carbonyl (C=O) groups excluding carboxylic acids is 2. The number of rotatable bonds is 15. The Morgan fingerprint density at radius 1 is 1.00 bits per heavy atom. The molecule has 0 heterocycles. The lowest BCUT2D eigenvalue weighted by atomic mass is 10.1. The molecule has 0 aliphatic rings. The SMILES string of the molecule is NC(CCC(=O)NC(CSc1cc(Nc2c(Cl)cccc2Cl)c(CC(=O)O)cc1O)C(=O)NCC(=O)O)C(=O)O. The van der Waals surface area contributed by atoms with Crippen LogP contribution >= 0.6 is 35.0 Å². The topological polar surface area (TPSA) is 228 Å². The molecule has 0 fully saturated rings. The summed E-state index contributed by atoms with van der Waals surface area (Å²) < 4.78 is 0. The summed E-state index contributed by atoms with van der Waals surface area (Å²) in [6, 6.07) is 4.80. The van der Waals surface area contributed by atoms with Gasteiger partial charge in [0.25, 0.3) is 0 Å². The maximum Gasteiger partial charge on any atom is 0.322 e. The molecule has 0 aliphatic carbocycles. The second kappa shape index (κ2) is 15.2. The van der Waals surface area contributed by atoms with E-state index < -0.39 is 54.8 Å². The first kappa shape index (κ1) is 32.5. The van der Waals surface area contributed by atoms with Gasteiger partial charge < -0.3 is 42.1 Å². The number of aromatic hydroxyl groups is 1. The van der Waals surface area contributed by atoms with Crippen molar-refractivity contribution in [3.05, 3.63) is 45.9 Å². The lowest BCUT2D eigenvalue weighted by molar-refractivity contribution is -0.139. The number of hydrogen-bond acceptors (Lipinski definition) is 9. The van der Waals surface area contributed by atoms with E-state index >= 15 is 0 Å². The van der Waals surface area contributed by atoms with E-state index in [2.05, 4.69) is 16.0 Å². The monoisotopic (exact) mass is 616 g/mol. The zero-order valence-electron chi connectivity index (χ0n) is 20.6. The largest absolute Gasteiger partial charge is 0.507 e. The Bertz CT molecular complexity index is 1270. The van der Waals surface area contributed by atoms with E-state index in [4.69, 9.17) is 39.1 Å². The summed E-state index contributed by atoms with van der Waals surface area (Å²) >= 11 is 13.4. The number of nitrogens with two attached hydrogens (primary N) is 1. The number of para-hydroxylation sites is 1. The first-order valence-corrected chi connectivity index (χ1v) is 13.2. The van der Waals surface area contributed by atoms with Crippen molar-refractivity contribution in [2.45, 2.75) is 36.2 Å². The van der Waals surface area contributed by atoms with Crippen LogP contribution in [0.15, 0.2) is 35.2 Å². The van der Waals surface area contributed by atoms with E-state index in [0.717, 1.165) is 11.8 Å². The average Bonchev–Trinajstić information content (AvgIpc) is 2.87. The van der Waals surface area contributed by atoms with Crippen LogP contribution in [0.25, 0.3) is 0 Å². The average molecular weight is 617 g/mol. The van der Waals surface area contributed by atoms with Gasteiger partial charge in [0.2, 0.25) is 11.8 Å². The highest BCUT2D eigenvalue weighted by Crippen LogP contribution is 2.38. The summed E-state index contributed by atoms with van der Waals surface area (Å²) in [5, 5.41) is 45.7. The molecule has 2 aromatic rings. The summed E-state index contributed by atoms with van der Waals surface area (Å²) in [4.78, 5) is 58.3. The molecule has 13 nitrogen and oxygen atoms in total. The summed E-state index contributed by atoms with van der Waals surface area (Å²) in [6.45, 7) is -0.721. The Balaban J connectivity index is 2.30. The number of thioether (sulfide) groups is 1. The van der Waals surface area contributed by atoms with Crippen molar-refractivity contribution in [1.82, 2.24) is 10.6 Å². The predicted molar refractivity (Wildman–Crippen MR) is 147 cm³/mol. The van der Waals surface area contributed by atoms with Gasteiger partial charge in [0.15, 0.2) is 0 Å². The third-order valence-corrected chi connectivity index (χ3v) is 6.99. The van der Waals surface area contributed by atoms with Crippen molar-refractivity contribution in [2.75, 3.05) is 17.6 Å². The smallest absolute Gasteiger partial charge is 0.322 e. The van der Waals surface area contributed by atoms with E-state index in [1.165, 1.54) is 12.1 Å². The normalized spacial score (nSPS) is 12.2. The minimum absolute atomic E-state index is 0.179. The fourth-order valence-electron chi connectivity index (χ4n) is 3.22. The lowest BCUT2D eigenvalue weighted by Crippen LogP contribution is -2.49. The fourth-order valence-corrected chi connectivity index (χ4v) is 4.70. The Labute approximate surface area is 242 Å². The molecule has 2 rings (SSSR count). The maximum absolute atomic E-state index is 12.6. The van der Waals surface area contributed by atoms with Crippen molar-refractivity contribution in [2.24, 2.45) is 5.73 Å². The number of carboxylic acids is 3. The van der Waals surface area contributed by atoms with E-state index in [1.54, 1.807) is 18.2 Å². The van der Waals surface area contributed by atoms with E-state index in [1.807, 2.05) is 0 Å². The second-order valence-corrected chi connectivity index (χ2v) is 10.2. The standard InChI is InChI=1S/C24H26Cl2N4O9S/c25-12-2-1-3-13(26)22(12)30-15-8-18(17(31)6-11(15)7-20(33)34)40-10-16(23(37)28-9-21(35)36)29-19(32)5-4-14(27)24(38)39/h1-3,6,8,14,16,30-31H,4-5,7,9-10,27H2,(H,28,37)(H,29,32)(H,33,34)(H,35,36)(H,38,39). The predicted octanol–water partition coefficient (Wildman–Crippen LogP) is 2.04. The van der Waals surface area contributed by atoms with E-state index in [-0.39, 0.29) is 56.2 Å². The van der Waals surface area contributed by atoms with Crippen molar-refractivity contribution in [1.29, 1.82) is 0 Å². The molecule has 216 valence electrons. The zero-order valence-corrected chi connectivity index (χ0v) is 23.0. The molecule has 2 unspecified atom stereocenters. The van der Waals surface area contributed by atoms with Crippen LogP contribution < -0.4 is 21.7 Å². The molecule has 16 heteroatoms. The van der Waals surface area contributed by atoms with Gasteiger partial charge in [0.1, 0.15) is 24.4 Å². The van der Waals surface area contributed by atoms with Gasteiger partial charge in [-0.25, -0.2) is 0 Å². The molecular formula is C24H26Cl2N4O9S. The van der Waals surface area contributed by atoms with Crippen molar-refractivity contribution >= 4 is 76.1 Å². The molecule has 2 atom stereocenters.